The van der Waals surface area contributed by atoms with Crippen LogP contribution in [-0.4, -0.2) is 47.8 Å². The monoisotopic (exact) mass is 294 g/mol. The Morgan fingerprint density at radius 1 is 1.14 bits per heavy atom. The number of ether oxygens (including phenoxy) is 1. The van der Waals surface area contributed by atoms with Crippen LogP contribution in [0.1, 0.15) is 60.3 Å². The van der Waals surface area contributed by atoms with Gasteiger partial charge in [0.1, 0.15) is 0 Å². The van der Waals surface area contributed by atoms with Gasteiger partial charge in [-0.1, -0.05) is 13.8 Å². The van der Waals surface area contributed by atoms with Gasteiger partial charge in [-0.25, -0.2) is 0 Å². The van der Waals surface area contributed by atoms with Crippen molar-refractivity contribution in [3.63, 3.8) is 0 Å². The molecule has 3 nitrogen and oxygen atoms in total. The van der Waals surface area contributed by atoms with Gasteiger partial charge in [0, 0.05) is 37.3 Å². The van der Waals surface area contributed by atoms with Gasteiger partial charge in [0.25, 0.3) is 0 Å². The highest BCUT2D eigenvalue weighted by Gasteiger charge is 2.48. The number of rotatable bonds is 3. The molecule has 2 aliphatic heterocycles. The lowest BCUT2D eigenvalue weighted by atomic mass is 9.84. The molecule has 0 radical (unpaired) electrons. The lowest BCUT2D eigenvalue weighted by Gasteiger charge is -2.53. The molecule has 3 atom stereocenters. The molecule has 21 heavy (non-hydrogen) atoms. The minimum absolute atomic E-state index is 0.0469. The maximum absolute atomic E-state index is 5.95. The van der Waals surface area contributed by atoms with E-state index in [0.717, 1.165) is 19.1 Å². The Hall–Kier alpha value is -0.120. The van der Waals surface area contributed by atoms with Crippen molar-refractivity contribution in [3.8, 4) is 0 Å². The van der Waals surface area contributed by atoms with E-state index in [1.165, 1.54) is 32.2 Å². The molecule has 3 unspecified atom stereocenters. The Bertz CT molecular complexity index is 377. The van der Waals surface area contributed by atoms with Crippen LogP contribution in [0.4, 0.5) is 0 Å². The van der Waals surface area contributed by atoms with Crippen LogP contribution >= 0.6 is 0 Å². The van der Waals surface area contributed by atoms with Crippen LogP contribution in [0.3, 0.4) is 0 Å². The van der Waals surface area contributed by atoms with E-state index in [1.54, 1.807) is 0 Å². The van der Waals surface area contributed by atoms with E-state index in [4.69, 9.17) is 4.74 Å². The molecule has 2 saturated heterocycles. The zero-order chi connectivity index (χ0) is 15.3. The van der Waals surface area contributed by atoms with Crippen molar-refractivity contribution < 1.29 is 4.74 Å². The number of hydrogen-bond donors (Lipinski definition) is 1. The Kier molecular flexibility index (Phi) is 4.13. The quantitative estimate of drug-likeness (QED) is 0.866. The Morgan fingerprint density at radius 3 is 2.43 bits per heavy atom. The summed E-state index contributed by atoms with van der Waals surface area (Å²) in [4.78, 5) is 2.85. The number of nitrogens with one attached hydrogen (secondary N) is 1. The van der Waals surface area contributed by atoms with Crippen molar-refractivity contribution in [2.24, 2.45) is 11.8 Å². The second-order valence-corrected chi connectivity index (χ2v) is 8.81. The highest BCUT2D eigenvalue weighted by molar-refractivity contribution is 5.06. The predicted molar refractivity (Wildman–Crippen MR) is 87.5 cm³/mol. The van der Waals surface area contributed by atoms with Crippen LogP contribution in [0.15, 0.2) is 0 Å². The first-order chi connectivity index (χ1) is 9.81. The molecular formula is C18H34N2O. The van der Waals surface area contributed by atoms with Gasteiger partial charge in [-0.15, -0.1) is 0 Å². The number of nitrogens with zero attached hydrogens (tertiary/aromatic N) is 1. The maximum atomic E-state index is 5.95. The molecule has 0 bridgehead atoms. The molecule has 3 heteroatoms. The maximum Gasteiger partial charge on any atom is 0.0641 e. The van der Waals surface area contributed by atoms with Gasteiger partial charge in [0.15, 0.2) is 0 Å². The normalized spacial score (nSPS) is 41.4. The van der Waals surface area contributed by atoms with Crippen LogP contribution in [0.5, 0.6) is 0 Å². The average molecular weight is 294 g/mol. The molecule has 0 aromatic rings. The molecule has 1 saturated carbocycles. The first kappa shape index (κ1) is 15.8. The van der Waals surface area contributed by atoms with Crippen molar-refractivity contribution in [3.05, 3.63) is 0 Å². The summed E-state index contributed by atoms with van der Waals surface area (Å²) in [5.41, 5.74) is 0.388. The fourth-order valence-corrected chi connectivity index (χ4v) is 4.50. The summed E-state index contributed by atoms with van der Waals surface area (Å²) in [5.74, 6) is 1.62. The summed E-state index contributed by atoms with van der Waals surface area (Å²) in [6.07, 6.45) is 5.22. The highest BCUT2D eigenvalue weighted by atomic mass is 16.5. The fourth-order valence-electron chi connectivity index (χ4n) is 4.50. The third-order valence-electron chi connectivity index (χ3n) is 6.04. The molecule has 0 spiro atoms. The Morgan fingerprint density at radius 2 is 1.86 bits per heavy atom. The fraction of sp³-hybridized carbons (Fsp3) is 1.00. The standard InChI is InChI=1S/C18H34N2O/c1-13(2)16-11-19-18(5,14-6-7-14)12-20(16)15-8-9-21-17(3,4)10-15/h13-16,19H,6-12H2,1-5H3. The summed E-state index contributed by atoms with van der Waals surface area (Å²) in [6, 6.07) is 1.37. The van der Waals surface area contributed by atoms with Gasteiger partial charge in [0.05, 0.1) is 5.60 Å². The molecule has 0 aromatic heterocycles. The van der Waals surface area contributed by atoms with E-state index in [1.807, 2.05) is 0 Å². The third kappa shape index (κ3) is 3.30. The van der Waals surface area contributed by atoms with Crippen molar-refractivity contribution in [2.45, 2.75) is 83.5 Å². The van der Waals surface area contributed by atoms with Crippen LogP contribution in [0.25, 0.3) is 0 Å². The van der Waals surface area contributed by atoms with Crippen LogP contribution in [-0.2, 0) is 4.74 Å². The minimum atomic E-state index is 0.0469. The topological polar surface area (TPSA) is 24.5 Å². The lowest BCUT2D eigenvalue weighted by molar-refractivity contribution is -0.103. The van der Waals surface area contributed by atoms with Crippen LogP contribution < -0.4 is 5.32 Å². The molecule has 2 heterocycles. The van der Waals surface area contributed by atoms with E-state index < -0.39 is 0 Å². The summed E-state index contributed by atoms with van der Waals surface area (Å²) >= 11 is 0. The van der Waals surface area contributed by atoms with E-state index in [9.17, 15) is 0 Å². The van der Waals surface area contributed by atoms with Gasteiger partial charge in [-0.05, 0) is 58.3 Å². The average Bonchev–Trinajstić information content (AvgIpc) is 3.21. The molecule has 1 aliphatic carbocycles. The van der Waals surface area contributed by atoms with Gasteiger partial charge in [-0.2, -0.15) is 0 Å². The smallest absolute Gasteiger partial charge is 0.0641 e. The number of piperazine rings is 1. The lowest BCUT2D eigenvalue weighted by Crippen LogP contribution is -2.68. The minimum Gasteiger partial charge on any atom is -0.375 e. The van der Waals surface area contributed by atoms with Crippen molar-refractivity contribution in [1.29, 1.82) is 0 Å². The summed E-state index contributed by atoms with van der Waals surface area (Å²) < 4.78 is 5.95. The second-order valence-electron chi connectivity index (χ2n) is 8.81. The molecule has 3 rings (SSSR count). The first-order valence-corrected chi connectivity index (χ1v) is 8.95. The van der Waals surface area contributed by atoms with Gasteiger partial charge < -0.3 is 10.1 Å². The predicted octanol–water partition coefficient (Wildman–Crippen LogP) is 3.04. The van der Waals surface area contributed by atoms with Crippen LogP contribution in [0, 0.1) is 11.8 Å². The van der Waals surface area contributed by atoms with E-state index in [-0.39, 0.29) is 5.60 Å². The molecule has 122 valence electrons. The van der Waals surface area contributed by atoms with Gasteiger partial charge in [-0.3, -0.25) is 4.90 Å². The summed E-state index contributed by atoms with van der Waals surface area (Å²) in [6.45, 7) is 15.0. The second kappa shape index (κ2) is 5.50. The molecule has 3 aliphatic rings. The summed E-state index contributed by atoms with van der Waals surface area (Å²) in [7, 11) is 0. The molecule has 1 N–H and O–H groups in total. The first-order valence-electron chi connectivity index (χ1n) is 8.95. The zero-order valence-corrected chi connectivity index (χ0v) is 14.6. The molecule has 3 fully saturated rings. The Labute approximate surface area is 130 Å². The van der Waals surface area contributed by atoms with Crippen molar-refractivity contribution in [1.82, 2.24) is 10.2 Å². The summed E-state index contributed by atoms with van der Waals surface area (Å²) in [5, 5.41) is 3.91. The Balaban J connectivity index is 1.76. The number of hydrogen-bond acceptors (Lipinski definition) is 3. The van der Waals surface area contributed by atoms with Crippen molar-refractivity contribution in [2.75, 3.05) is 19.7 Å². The zero-order valence-electron chi connectivity index (χ0n) is 14.6. The van der Waals surface area contributed by atoms with Gasteiger partial charge >= 0.3 is 0 Å². The SMILES string of the molecule is CC(C)C1CNC(C)(C2CC2)CN1C1CCOC(C)(C)C1. The molecule has 0 amide bonds. The van der Waals surface area contributed by atoms with E-state index >= 15 is 0 Å². The van der Waals surface area contributed by atoms with Crippen LogP contribution in [0.2, 0.25) is 0 Å². The van der Waals surface area contributed by atoms with Gasteiger partial charge in [0.2, 0.25) is 0 Å². The van der Waals surface area contributed by atoms with E-state index in [0.29, 0.717) is 23.5 Å². The third-order valence-corrected chi connectivity index (χ3v) is 6.04. The van der Waals surface area contributed by atoms with E-state index in [2.05, 4.69) is 44.8 Å². The molecular weight excluding hydrogens is 260 g/mol. The molecule has 0 aromatic carbocycles. The largest absolute Gasteiger partial charge is 0.375 e. The highest BCUT2D eigenvalue weighted by Crippen LogP contribution is 2.43. The van der Waals surface area contributed by atoms with Crippen molar-refractivity contribution >= 4 is 0 Å².